The van der Waals surface area contributed by atoms with Crippen LogP contribution in [0.1, 0.15) is 11.7 Å². The van der Waals surface area contributed by atoms with Crippen LogP contribution in [0.2, 0.25) is 0 Å². The number of aromatic nitrogens is 5. The molecule has 2 heterocycles. The van der Waals surface area contributed by atoms with E-state index >= 15 is 0 Å². The van der Waals surface area contributed by atoms with E-state index in [1.54, 1.807) is 0 Å². The third kappa shape index (κ3) is 2.57. The standard InChI is InChI=1S/C12H7BrN6O/c13-9-3-1-8(2-4-9)12-17-16-11(20-12)6-19-7-15-10(5-14)18-19/h1-4,7H,6H2. The molecular formula is C12H7BrN6O. The van der Waals surface area contributed by atoms with Crippen LogP contribution in [-0.4, -0.2) is 25.0 Å². The predicted molar refractivity (Wildman–Crippen MR) is 71.3 cm³/mol. The SMILES string of the molecule is N#Cc1ncn(Cc2nnc(-c3ccc(Br)cc3)o2)n1. The van der Waals surface area contributed by atoms with Crippen LogP contribution in [0.5, 0.6) is 0 Å². The summed E-state index contributed by atoms with van der Waals surface area (Å²) >= 11 is 3.37. The molecule has 0 radical (unpaired) electrons. The molecule has 0 aliphatic heterocycles. The molecule has 0 bridgehead atoms. The van der Waals surface area contributed by atoms with Crippen LogP contribution in [0.25, 0.3) is 11.5 Å². The Hall–Kier alpha value is -2.53. The highest BCUT2D eigenvalue weighted by Gasteiger charge is 2.10. The molecule has 20 heavy (non-hydrogen) atoms. The van der Waals surface area contributed by atoms with Crippen LogP contribution in [0.4, 0.5) is 0 Å². The summed E-state index contributed by atoms with van der Waals surface area (Å²) in [6.45, 7) is 0.276. The molecule has 0 aliphatic carbocycles. The molecule has 0 fully saturated rings. The van der Waals surface area contributed by atoms with Crippen molar-refractivity contribution in [2.45, 2.75) is 6.54 Å². The number of benzene rings is 1. The van der Waals surface area contributed by atoms with E-state index in [0.717, 1.165) is 10.0 Å². The van der Waals surface area contributed by atoms with Gasteiger partial charge in [-0.25, -0.2) is 9.67 Å². The lowest BCUT2D eigenvalue weighted by molar-refractivity contribution is 0.473. The van der Waals surface area contributed by atoms with Gasteiger partial charge in [-0.05, 0) is 24.3 Å². The maximum atomic E-state index is 8.65. The molecule has 0 atom stereocenters. The van der Waals surface area contributed by atoms with Gasteiger partial charge in [0.05, 0.1) is 0 Å². The van der Waals surface area contributed by atoms with Crippen molar-refractivity contribution in [3.63, 3.8) is 0 Å². The van der Waals surface area contributed by atoms with Crippen LogP contribution in [0.3, 0.4) is 0 Å². The minimum absolute atomic E-state index is 0.109. The van der Waals surface area contributed by atoms with Crippen molar-refractivity contribution in [1.29, 1.82) is 5.26 Å². The van der Waals surface area contributed by atoms with Gasteiger partial charge >= 0.3 is 0 Å². The summed E-state index contributed by atoms with van der Waals surface area (Å²) in [5.41, 5.74) is 0.836. The van der Waals surface area contributed by atoms with E-state index in [1.165, 1.54) is 11.0 Å². The summed E-state index contributed by atoms with van der Waals surface area (Å²) in [6.07, 6.45) is 1.45. The Balaban J connectivity index is 1.80. The van der Waals surface area contributed by atoms with Gasteiger partial charge in [0.2, 0.25) is 11.8 Å². The monoisotopic (exact) mass is 330 g/mol. The average molecular weight is 331 g/mol. The Kier molecular flexibility index (Phi) is 3.26. The topological polar surface area (TPSA) is 93.4 Å². The van der Waals surface area contributed by atoms with Crippen LogP contribution < -0.4 is 0 Å². The zero-order valence-corrected chi connectivity index (χ0v) is 11.6. The van der Waals surface area contributed by atoms with Gasteiger partial charge in [0.25, 0.3) is 5.82 Å². The van der Waals surface area contributed by atoms with Crippen LogP contribution >= 0.6 is 15.9 Å². The Bertz CT molecular complexity index is 770. The van der Waals surface area contributed by atoms with E-state index in [1.807, 2.05) is 30.3 Å². The number of rotatable bonds is 3. The molecule has 1 aromatic carbocycles. The van der Waals surface area contributed by atoms with Gasteiger partial charge in [0.15, 0.2) is 0 Å². The Morgan fingerprint density at radius 2 is 2.05 bits per heavy atom. The molecule has 3 aromatic rings. The lowest BCUT2D eigenvalue weighted by Gasteiger charge is -1.95. The maximum absolute atomic E-state index is 8.65. The van der Waals surface area contributed by atoms with Crippen molar-refractivity contribution < 1.29 is 4.42 Å². The van der Waals surface area contributed by atoms with Crippen molar-refractivity contribution in [3.8, 4) is 17.5 Å². The second-order valence-electron chi connectivity index (χ2n) is 3.89. The lowest BCUT2D eigenvalue weighted by Crippen LogP contribution is -2.00. The molecule has 0 saturated heterocycles. The average Bonchev–Trinajstić information content (AvgIpc) is 3.09. The number of hydrogen-bond donors (Lipinski definition) is 0. The molecule has 0 spiro atoms. The molecule has 8 heteroatoms. The predicted octanol–water partition coefficient (Wildman–Crippen LogP) is 2.01. The molecule has 2 aromatic heterocycles. The first-order valence-corrected chi connectivity index (χ1v) is 6.42. The van der Waals surface area contributed by atoms with E-state index in [9.17, 15) is 0 Å². The molecule has 0 saturated carbocycles. The molecule has 7 nitrogen and oxygen atoms in total. The maximum Gasteiger partial charge on any atom is 0.252 e. The minimum atomic E-state index is 0.109. The highest BCUT2D eigenvalue weighted by atomic mass is 79.9. The molecule has 3 rings (SSSR count). The van der Waals surface area contributed by atoms with E-state index in [-0.39, 0.29) is 12.4 Å². The summed E-state index contributed by atoms with van der Waals surface area (Å²) < 4.78 is 8.00. The van der Waals surface area contributed by atoms with Gasteiger partial charge in [-0.1, -0.05) is 15.9 Å². The van der Waals surface area contributed by atoms with E-state index in [4.69, 9.17) is 9.68 Å². The highest BCUT2D eigenvalue weighted by molar-refractivity contribution is 9.10. The highest BCUT2D eigenvalue weighted by Crippen LogP contribution is 2.20. The first-order valence-electron chi connectivity index (χ1n) is 5.62. The summed E-state index contributed by atoms with van der Waals surface area (Å²) in [5, 5.41) is 20.5. The fourth-order valence-electron chi connectivity index (χ4n) is 1.59. The first-order chi connectivity index (χ1) is 9.74. The quantitative estimate of drug-likeness (QED) is 0.729. The molecular weight excluding hydrogens is 324 g/mol. The van der Waals surface area contributed by atoms with Crippen molar-refractivity contribution in [2.24, 2.45) is 0 Å². The molecule has 0 unspecified atom stereocenters. The minimum Gasteiger partial charge on any atom is -0.419 e. The van der Waals surface area contributed by atoms with Crippen molar-refractivity contribution >= 4 is 15.9 Å². The summed E-state index contributed by atoms with van der Waals surface area (Å²) in [7, 11) is 0. The van der Waals surface area contributed by atoms with E-state index in [0.29, 0.717) is 11.8 Å². The van der Waals surface area contributed by atoms with Crippen molar-refractivity contribution in [2.75, 3.05) is 0 Å². The molecule has 98 valence electrons. The second-order valence-corrected chi connectivity index (χ2v) is 4.80. The summed E-state index contributed by atoms with van der Waals surface area (Å²) in [4.78, 5) is 3.80. The van der Waals surface area contributed by atoms with Gasteiger partial charge < -0.3 is 4.42 Å². The second kappa shape index (κ2) is 5.22. The van der Waals surface area contributed by atoms with E-state index < -0.39 is 0 Å². The lowest BCUT2D eigenvalue weighted by atomic mass is 10.2. The zero-order valence-electron chi connectivity index (χ0n) is 10.1. The normalized spacial score (nSPS) is 10.4. The first kappa shape index (κ1) is 12.5. The van der Waals surface area contributed by atoms with Gasteiger partial charge in [-0.3, -0.25) is 0 Å². The summed E-state index contributed by atoms with van der Waals surface area (Å²) in [5.74, 6) is 0.947. The van der Waals surface area contributed by atoms with Crippen molar-refractivity contribution in [1.82, 2.24) is 25.0 Å². The molecule has 0 aliphatic rings. The Morgan fingerprint density at radius 1 is 1.25 bits per heavy atom. The number of nitriles is 1. The fourth-order valence-corrected chi connectivity index (χ4v) is 1.85. The Labute approximate surface area is 122 Å². The molecule has 0 amide bonds. The van der Waals surface area contributed by atoms with Crippen LogP contribution in [-0.2, 0) is 6.54 Å². The van der Waals surface area contributed by atoms with Gasteiger partial charge in [0, 0.05) is 10.0 Å². The van der Waals surface area contributed by atoms with Gasteiger partial charge in [0.1, 0.15) is 18.9 Å². The third-order valence-corrected chi connectivity index (χ3v) is 3.02. The van der Waals surface area contributed by atoms with Gasteiger partial charge in [-0.15, -0.1) is 15.3 Å². The number of halogens is 1. The Morgan fingerprint density at radius 3 is 2.75 bits per heavy atom. The summed E-state index contributed by atoms with van der Waals surface area (Å²) in [6, 6.07) is 9.41. The van der Waals surface area contributed by atoms with Crippen LogP contribution in [0, 0.1) is 11.3 Å². The number of hydrogen-bond acceptors (Lipinski definition) is 6. The molecule has 0 N–H and O–H groups in total. The third-order valence-electron chi connectivity index (χ3n) is 2.49. The van der Waals surface area contributed by atoms with Crippen molar-refractivity contribution in [3.05, 3.63) is 46.8 Å². The zero-order chi connectivity index (χ0) is 13.9. The van der Waals surface area contributed by atoms with E-state index in [2.05, 4.69) is 36.2 Å². The largest absolute Gasteiger partial charge is 0.419 e. The fraction of sp³-hybridized carbons (Fsp3) is 0.0833. The smallest absolute Gasteiger partial charge is 0.252 e. The van der Waals surface area contributed by atoms with Crippen LogP contribution in [0.15, 0.2) is 39.5 Å². The van der Waals surface area contributed by atoms with Gasteiger partial charge in [-0.2, -0.15) is 5.26 Å². The number of nitrogens with zero attached hydrogens (tertiary/aromatic N) is 6.